The molecule has 0 spiro atoms. The number of aliphatic hydroxyl groups is 1. The van der Waals surface area contributed by atoms with Crippen LogP contribution in [-0.2, 0) is 5.41 Å². The summed E-state index contributed by atoms with van der Waals surface area (Å²) in [6.07, 6.45) is 7.53. The van der Waals surface area contributed by atoms with Gasteiger partial charge in [0.2, 0.25) is 0 Å². The molecule has 0 aromatic heterocycles. The molecule has 0 radical (unpaired) electrons. The number of urea groups is 1. The molecule has 36 heavy (non-hydrogen) atoms. The molecule has 1 heterocycles. The van der Waals surface area contributed by atoms with Crippen LogP contribution in [0.2, 0.25) is 0 Å². The number of benzene rings is 2. The average Bonchev–Trinajstić information content (AvgIpc) is 3.48. The van der Waals surface area contributed by atoms with E-state index in [1.54, 1.807) is 11.8 Å². The van der Waals surface area contributed by atoms with Gasteiger partial charge in [-0.15, -0.1) is 11.8 Å². The molecule has 2 aromatic rings. The first-order valence-corrected chi connectivity index (χ1v) is 14.2. The minimum absolute atomic E-state index is 0.115. The number of rotatable bonds is 8. The number of amides is 2. The number of anilines is 1. The number of nitrogens with zero attached hydrogens (tertiary/aromatic N) is 2. The molecular formula is C28H35F2N3O2S. The molecule has 5 nitrogen and oxygen atoms in total. The van der Waals surface area contributed by atoms with Crippen molar-refractivity contribution in [2.75, 3.05) is 37.8 Å². The fourth-order valence-corrected chi connectivity index (χ4v) is 6.74. The van der Waals surface area contributed by atoms with Crippen molar-refractivity contribution in [3.8, 4) is 0 Å². The van der Waals surface area contributed by atoms with Crippen LogP contribution in [0.25, 0.3) is 0 Å². The van der Waals surface area contributed by atoms with Crippen LogP contribution in [0.5, 0.6) is 0 Å². The summed E-state index contributed by atoms with van der Waals surface area (Å²) >= 11 is 1.76. The zero-order chi connectivity index (χ0) is 25.3. The van der Waals surface area contributed by atoms with Crippen molar-refractivity contribution in [2.24, 2.45) is 5.92 Å². The summed E-state index contributed by atoms with van der Waals surface area (Å²) < 4.78 is 27.1. The van der Waals surface area contributed by atoms with Gasteiger partial charge < -0.3 is 20.2 Å². The maximum atomic E-state index is 13.7. The zero-order valence-corrected chi connectivity index (χ0v) is 21.6. The number of carbonyl (C=O) groups excluding carboxylic acids is 1. The average molecular weight is 516 g/mol. The van der Waals surface area contributed by atoms with Crippen molar-refractivity contribution in [2.45, 2.75) is 61.0 Å². The number of thioether (sulfide) groups is 1. The van der Waals surface area contributed by atoms with Crippen molar-refractivity contribution in [1.82, 2.24) is 9.80 Å². The van der Waals surface area contributed by atoms with Gasteiger partial charge in [-0.1, -0.05) is 12.1 Å². The molecule has 3 fully saturated rings. The van der Waals surface area contributed by atoms with E-state index >= 15 is 0 Å². The van der Waals surface area contributed by atoms with Crippen molar-refractivity contribution in [3.05, 3.63) is 59.7 Å². The lowest BCUT2D eigenvalue weighted by atomic mass is 9.80. The van der Waals surface area contributed by atoms with Crippen LogP contribution >= 0.6 is 11.8 Å². The molecule has 4 unspecified atom stereocenters. The van der Waals surface area contributed by atoms with Gasteiger partial charge >= 0.3 is 6.03 Å². The zero-order valence-electron chi connectivity index (χ0n) is 20.8. The Morgan fingerprint density at radius 2 is 2.08 bits per heavy atom. The van der Waals surface area contributed by atoms with E-state index in [9.17, 15) is 18.7 Å². The summed E-state index contributed by atoms with van der Waals surface area (Å²) in [6, 6.07) is 12.2. The maximum absolute atomic E-state index is 13.7. The van der Waals surface area contributed by atoms with E-state index in [1.807, 2.05) is 4.90 Å². The third-order valence-corrected chi connectivity index (χ3v) is 9.08. The number of fused-ring (bicyclic) bond motifs is 1. The smallest absolute Gasteiger partial charge is 0.322 e. The molecule has 194 valence electrons. The summed E-state index contributed by atoms with van der Waals surface area (Å²) in [5.41, 5.74) is 1.91. The van der Waals surface area contributed by atoms with E-state index < -0.39 is 11.6 Å². The Balaban J connectivity index is 1.26. The van der Waals surface area contributed by atoms with Crippen LogP contribution in [0.15, 0.2) is 47.4 Å². The van der Waals surface area contributed by atoms with Gasteiger partial charge in [-0.25, -0.2) is 13.6 Å². The number of halogens is 2. The fraction of sp³-hybridized carbons (Fsp3) is 0.536. The van der Waals surface area contributed by atoms with Gasteiger partial charge in [0.1, 0.15) is 0 Å². The number of aliphatic hydroxyl groups excluding tert-OH is 1. The highest BCUT2D eigenvalue weighted by Crippen LogP contribution is 2.63. The molecule has 5 rings (SSSR count). The first kappa shape index (κ1) is 25.5. The Hall–Kier alpha value is -2.16. The first-order valence-electron chi connectivity index (χ1n) is 13.0. The highest BCUT2D eigenvalue weighted by Gasteiger charge is 2.58. The molecule has 2 N–H and O–H groups in total. The van der Waals surface area contributed by atoms with Gasteiger partial charge in [0.05, 0.1) is 6.10 Å². The highest BCUT2D eigenvalue weighted by molar-refractivity contribution is 7.98. The Kier molecular flexibility index (Phi) is 7.56. The number of β-amino-alcohol motifs (C(OH)–C–C–N with tert-alkyl or cyclic N) is 1. The minimum atomic E-state index is -0.972. The lowest BCUT2D eigenvalue weighted by Crippen LogP contribution is -2.46. The van der Waals surface area contributed by atoms with Crippen LogP contribution in [-0.4, -0.2) is 65.5 Å². The maximum Gasteiger partial charge on any atom is 0.322 e. The van der Waals surface area contributed by atoms with Crippen LogP contribution < -0.4 is 5.32 Å². The lowest BCUT2D eigenvalue weighted by Gasteiger charge is -2.37. The summed E-state index contributed by atoms with van der Waals surface area (Å²) in [5, 5.41) is 12.6. The van der Waals surface area contributed by atoms with Gasteiger partial charge in [0.25, 0.3) is 0 Å². The molecule has 4 atom stereocenters. The summed E-state index contributed by atoms with van der Waals surface area (Å²) in [7, 11) is 0. The summed E-state index contributed by atoms with van der Waals surface area (Å²) in [4.78, 5) is 18.8. The standard InChI is InChI=1S/C28H35F2N3O2S/c1-36-24-5-2-4-19(15-24)28-10-8-22(14-20(28)17-28)33(12-3-11-32-13-9-23(34)18-32)27(35)31-21-6-7-25(29)26(30)16-21/h2,4-7,15-16,20,22-23,34H,3,8-14,17-18H2,1H3,(H,31,35). The monoisotopic (exact) mass is 515 g/mol. The Morgan fingerprint density at radius 1 is 1.22 bits per heavy atom. The number of nitrogens with one attached hydrogen (secondary N) is 1. The summed E-state index contributed by atoms with van der Waals surface area (Å²) in [5.74, 6) is -1.35. The van der Waals surface area contributed by atoms with E-state index in [1.165, 1.54) is 16.5 Å². The molecule has 2 amide bonds. The Labute approximate surface area is 216 Å². The normalized spacial score (nSPS) is 27.5. The van der Waals surface area contributed by atoms with E-state index in [0.717, 1.165) is 63.7 Å². The van der Waals surface area contributed by atoms with Gasteiger partial charge in [-0.3, -0.25) is 0 Å². The molecule has 3 aliphatic rings. The third kappa shape index (κ3) is 5.41. The van der Waals surface area contributed by atoms with Gasteiger partial charge in [0.15, 0.2) is 11.6 Å². The fourth-order valence-electron chi connectivity index (χ4n) is 6.28. The predicted molar refractivity (Wildman–Crippen MR) is 139 cm³/mol. The number of hydrogen-bond donors (Lipinski definition) is 2. The number of likely N-dealkylation sites (tertiary alicyclic amines) is 1. The number of hydrogen-bond acceptors (Lipinski definition) is 4. The van der Waals surface area contributed by atoms with Crippen molar-refractivity contribution >= 4 is 23.5 Å². The molecule has 1 aliphatic heterocycles. The molecule has 1 saturated heterocycles. The van der Waals surface area contributed by atoms with E-state index in [-0.39, 0.29) is 29.3 Å². The van der Waals surface area contributed by atoms with E-state index in [4.69, 9.17) is 0 Å². The lowest BCUT2D eigenvalue weighted by molar-refractivity contribution is 0.151. The largest absolute Gasteiger partial charge is 0.392 e. The second-order valence-electron chi connectivity index (χ2n) is 10.6. The van der Waals surface area contributed by atoms with Crippen molar-refractivity contribution < 1.29 is 18.7 Å². The Morgan fingerprint density at radius 3 is 2.81 bits per heavy atom. The van der Waals surface area contributed by atoms with Crippen LogP contribution in [0.3, 0.4) is 0 Å². The van der Waals surface area contributed by atoms with Crippen LogP contribution in [0.1, 0.15) is 44.1 Å². The molecule has 2 aliphatic carbocycles. The van der Waals surface area contributed by atoms with Crippen molar-refractivity contribution in [3.63, 3.8) is 0 Å². The molecular weight excluding hydrogens is 480 g/mol. The quantitative estimate of drug-likeness (QED) is 0.457. The number of carbonyl (C=O) groups is 1. The predicted octanol–water partition coefficient (Wildman–Crippen LogP) is 5.49. The van der Waals surface area contributed by atoms with Crippen LogP contribution in [0, 0.1) is 17.6 Å². The third-order valence-electron chi connectivity index (χ3n) is 8.35. The molecule has 0 bridgehead atoms. The minimum Gasteiger partial charge on any atom is -0.392 e. The molecule has 2 saturated carbocycles. The Bertz CT molecular complexity index is 1100. The second-order valence-corrected chi connectivity index (χ2v) is 11.4. The van der Waals surface area contributed by atoms with Crippen LogP contribution in [0.4, 0.5) is 19.3 Å². The first-order chi connectivity index (χ1) is 17.4. The van der Waals surface area contributed by atoms with Gasteiger partial charge in [-0.2, -0.15) is 0 Å². The van der Waals surface area contributed by atoms with E-state index in [0.29, 0.717) is 19.0 Å². The second kappa shape index (κ2) is 10.7. The van der Waals surface area contributed by atoms with Gasteiger partial charge in [-0.05, 0) is 92.5 Å². The molecule has 8 heteroatoms. The van der Waals surface area contributed by atoms with E-state index in [2.05, 4.69) is 40.7 Å². The SMILES string of the molecule is CSc1cccc(C23CCC(N(CCCN4CCC(O)C4)C(=O)Nc4ccc(F)c(F)c4)CC2C3)c1. The van der Waals surface area contributed by atoms with Crippen molar-refractivity contribution in [1.29, 1.82) is 0 Å². The topological polar surface area (TPSA) is 55.8 Å². The van der Waals surface area contributed by atoms with Gasteiger partial charge in [0, 0.05) is 42.3 Å². The highest BCUT2D eigenvalue weighted by atomic mass is 32.2. The summed E-state index contributed by atoms with van der Waals surface area (Å²) in [6.45, 7) is 2.98. The molecule has 2 aromatic carbocycles.